The van der Waals surface area contributed by atoms with Crippen molar-refractivity contribution in [2.75, 3.05) is 0 Å². The largest absolute Gasteiger partial charge is 0.480 e. The van der Waals surface area contributed by atoms with Crippen molar-refractivity contribution in [3.05, 3.63) is 58.2 Å². The van der Waals surface area contributed by atoms with Gasteiger partial charge in [-0.2, -0.15) is 11.3 Å². The lowest BCUT2D eigenvalue weighted by molar-refractivity contribution is -0.141. The number of carbonyl (C=O) groups is 2. The van der Waals surface area contributed by atoms with Crippen LogP contribution in [0.2, 0.25) is 0 Å². The van der Waals surface area contributed by atoms with Crippen LogP contribution in [0.1, 0.15) is 11.1 Å². The summed E-state index contributed by atoms with van der Waals surface area (Å²) in [5.41, 5.74) is 2.16. The Morgan fingerprint density at radius 2 is 2.17 bits per heavy atom. The summed E-state index contributed by atoms with van der Waals surface area (Å²) in [6, 6.07) is 5.06. The van der Waals surface area contributed by atoms with Crippen LogP contribution in [0.4, 0.5) is 4.39 Å². The number of hydrogen-bond acceptors (Lipinski definition) is 3. The normalized spacial score (nSPS) is 12.2. The van der Waals surface area contributed by atoms with Crippen molar-refractivity contribution >= 4 is 34.1 Å². The lowest BCUT2D eigenvalue weighted by Gasteiger charge is -2.14. The highest BCUT2D eigenvalue weighted by Gasteiger charge is 2.22. The molecule has 1 atom stereocenters. The van der Waals surface area contributed by atoms with E-state index in [1.807, 2.05) is 16.8 Å². The van der Waals surface area contributed by atoms with E-state index in [4.69, 9.17) is 0 Å². The van der Waals surface area contributed by atoms with Crippen molar-refractivity contribution in [2.45, 2.75) is 18.9 Å². The average molecular weight is 346 g/mol. The summed E-state index contributed by atoms with van der Waals surface area (Å²) in [5.74, 6) is -1.81. The van der Waals surface area contributed by atoms with Crippen molar-refractivity contribution in [3.8, 4) is 0 Å². The van der Waals surface area contributed by atoms with Gasteiger partial charge in [0.05, 0.1) is 6.42 Å². The second kappa shape index (κ2) is 6.84. The van der Waals surface area contributed by atoms with Gasteiger partial charge in [-0.15, -0.1) is 0 Å². The fourth-order valence-corrected chi connectivity index (χ4v) is 3.24. The molecule has 0 aliphatic rings. The fraction of sp³-hybridized carbons (Fsp3) is 0.176. The van der Waals surface area contributed by atoms with Crippen molar-refractivity contribution in [1.82, 2.24) is 10.3 Å². The van der Waals surface area contributed by atoms with Gasteiger partial charge in [-0.3, -0.25) is 4.79 Å². The van der Waals surface area contributed by atoms with Gasteiger partial charge in [0.25, 0.3) is 0 Å². The van der Waals surface area contributed by atoms with Gasteiger partial charge in [0.2, 0.25) is 5.91 Å². The zero-order valence-corrected chi connectivity index (χ0v) is 13.4. The van der Waals surface area contributed by atoms with Crippen LogP contribution < -0.4 is 5.32 Å². The smallest absolute Gasteiger partial charge is 0.326 e. The van der Waals surface area contributed by atoms with Crippen molar-refractivity contribution in [1.29, 1.82) is 0 Å². The summed E-state index contributed by atoms with van der Waals surface area (Å²) >= 11 is 1.48. The molecule has 24 heavy (non-hydrogen) atoms. The van der Waals surface area contributed by atoms with Gasteiger partial charge in [-0.05, 0) is 46.2 Å². The number of H-pyrrole nitrogens is 1. The quantitative estimate of drug-likeness (QED) is 0.642. The zero-order valence-electron chi connectivity index (χ0n) is 12.6. The molecular formula is C17H15FN2O3S. The topological polar surface area (TPSA) is 82.2 Å². The number of amides is 1. The molecule has 0 spiro atoms. The SMILES string of the molecule is O=C(Cc1ccsc1)N[C@@H](Cc1c[nH]c2cc(F)ccc12)C(=O)O. The Morgan fingerprint density at radius 3 is 2.88 bits per heavy atom. The highest BCUT2D eigenvalue weighted by molar-refractivity contribution is 7.08. The highest BCUT2D eigenvalue weighted by Crippen LogP contribution is 2.20. The fourth-order valence-electron chi connectivity index (χ4n) is 2.57. The molecule has 1 aromatic carbocycles. The molecule has 124 valence electrons. The van der Waals surface area contributed by atoms with Gasteiger partial charge in [0.15, 0.2) is 0 Å². The minimum absolute atomic E-state index is 0.121. The van der Waals surface area contributed by atoms with E-state index in [1.165, 1.54) is 23.5 Å². The van der Waals surface area contributed by atoms with E-state index >= 15 is 0 Å². The summed E-state index contributed by atoms with van der Waals surface area (Å²) in [6.45, 7) is 0. The first-order chi connectivity index (χ1) is 11.5. The number of hydrogen-bond donors (Lipinski definition) is 3. The number of aliphatic carboxylic acids is 1. The summed E-state index contributed by atoms with van der Waals surface area (Å²) in [6.07, 6.45) is 1.91. The molecule has 0 radical (unpaired) electrons. The van der Waals surface area contributed by atoms with Crippen LogP contribution in [0.5, 0.6) is 0 Å². The zero-order chi connectivity index (χ0) is 17.1. The second-order valence-corrected chi connectivity index (χ2v) is 6.25. The average Bonchev–Trinajstić information content (AvgIpc) is 3.16. The number of thiophene rings is 1. The third-order valence-corrected chi connectivity index (χ3v) is 4.46. The molecule has 0 bridgehead atoms. The van der Waals surface area contributed by atoms with E-state index in [0.717, 1.165) is 10.9 Å². The minimum atomic E-state index is -1.11. The van der Waals surface area contributed by atoms with Crippen LogP contribution in [0.15, 0.2) is 41.2 Å². The molecule has 3 rings (SSSR count). The Labute approximate surface area is 141 Å². The van der Waals surface area contributed by atoms with Crippen molar-refractivity contribution < 1.29 is 19.1 Å². The monoisotopic (exact) mass is 346 g/mol. The molecule has 3 aromatic rings. The number of carboxylic acids is 1. The molecule has 3 N–H and O–H groups in total. The Kier molecular flexibility index (Phi) is 4.61. The lowest BCUT2D eigenvalue weighted by atomic mass is 10.0. The van der Waals surface area contributed by atoms with Gasteiger partial charge in [-0.25, -0.2) is 9.18 Å². The molecule has 0 aliphatic carbocycles. The van der Waals surface area contributed by atoms with E-state index in [1.54, 1.807) is 12.3 Å². The van der Waals surface area contributed by atoms with Crippen LogP contribution in [0.25, 0.3) is 10.9 Å². The highest BCUT2D eigenvalue weighted by atomic mass is 32.1. The summed E-state index contributed by atoms with van der Waals surface area (Å²) < 4.78 is 13.2. The molecule has 0 unspecified atom stereocenters. The summed E-state index contributed by atoms with van der Waals surface area (Å²) in [4.78, 5) is 26.4. The number of nitrogens with one attached hydrogen (secondary N) is 2. The maximum absolute atomic E-state index is 13.2. The standard InChI is InChI=1S/C17H15FN2O3S/c18-12-1-2-13-11(8-19-14(13)7-12)6-15(17(22)23)20-16(21)5-10-3-4-24-9-10/h1-4,7-9,15,19H,5-6H2,(H,20,21)(H,22,23)/t15-/m0/s1. The van der Waals surface area contributed by atoms with Crippen LogP contribution in [0, 0.1) is 5.82 Å². The molecule has 0 saturated carbocycles. The Hall–Kier alpha value is -2.67. The Balaban J connectivity index is 1.73. The van der Waals surface area contributed by atoms with Gasteiger partial charge >= 0.3 is 5.97 Å². The van der Waals surface area contributed by atoms with Gasteiger partial charge < -0.3 is 15.4 Å². The van der Waals surface area contributed by atoms with Gasteiger partial charge in [-0.1, -0.05) is 0 Å². The molecule has 1 amide bonds. The number of benzene rings is 1. The molecule has 0 saturated heterocycles. The van der Waals surface area contributed by atoms with Crippen LogP contribution in [0.3, 0.4) is 0 Å². The summed E-state index contributed by atoms with van der Waals surface area (Å²) in [5, 5.41) is 16.4. The second-order valence-electron chi connectivity index (χ2n) is 5.47. The van der Waals surface area contributed by atoms with E-state index in [2.05, 4.69) is 10.3 Å². The lowest BCUT2D eigenvalue weighted by Crippen LogP contribution is -2.42. The third kappa shape index (κ3) is 3.62. The van der Waals surface area contributed by atoms with Gasteiger partial charge in [0, 0.05) is 23.5 Å². The number of carboxylic acid groups (broad SMARTS) is 1. The Bertz CT molecular complexity index is 873. The molecule has 7 heteroatoms. The van der Waals surface area contributed by atoms with Gasteiger partial charge in [0.1, 0.15) is 11.9 Å². The number of carbonyl (C=O) groups excluding carboxylic acids is 1. The maximum atomic E-state index is 13.2. The van der Waals surface area contributed by atoms with Crippen molar-refractivity contribution in [3.63, 3.8) is 0 Å². The molecule has 0 aliphatic heterocycles. The van der Waals surface area contributed by atoms with Crippen LogP contribution >= 0.6 is 11.3 Å². The molecule has 2 aromatic heterocycles. The maximum Gasteiger partial charge on any atom is 0.326 e. The van der Waals surface area contributed by atoms with E-state index in [9.17, 15) is 19.1 Å². The predicted octanol–water partition coefficient (Wildman–Crippen LogP) is 2.72. The minimum Gasteiger partial charge on any atom is -0.480 e. The first-order valence-electron chi connectivity index (χ1n) is 7.31. The number of aromatic amines is 1. The molecule has 2 heterocycles. The number of fused-ring (bicyclic) bond motifs is 1. The Morgan fingerprint density at radius 1 is 1.33 bits per heavy atom. The molecule has 5 nitrogen and oxygen atoms in total. The van der Waals surface area contributed by atoms with Crippen LogP contribution in [-0.4, -0.2) is 28.0 Å². The first kappa shape index (κ1) is 16.2. The molecular weight excluding hydrogens is 331 g/mol. The third-order valence-electron chi connectivity index (χ3n) is 3.73. The van der Waals surface area contributed by atoms with E-state index in [-0.39, 0.29) is 24.6 Å². The number of rotatable bonds is 6. The van der Waals surface area contributed by atoms with E-state index < -0.39 is 12.0 Å². The number of aromatic nitrogens is 1. The van der Waals surface area contributed by atoms with E-state index in [0.29, 0.717) is 11.1 Å². The summed E-state index contributed by atoms with van der Waals surface area (Å²) in [7, 11) is 0. The predicted molar refractivity (Wildman–Crippen MR) is 89.6 cm³/mol. The van der Waals surface area contributed by atoms with Crippen LogP contribution in [-0.2, 0) is 22.4 Å². The number of halogens is 1. The first-order valence-corrected chi connectivity index (χ1v) is 8.26. The molecule has 0 fully saturated rings. The van der Waals surface area contributed by atoms with Crippen molar-refractivity contribution in [2.24, 2.45) is 0 Å².